The third-order valence-electron chi connectivity index (χ3n) is 6.84. The highest BCUT2D eigenvalue weighted by Gasteiger charge is 2.27. The van der Waals surface area contributed by atoms with Crippen LogP contribution in [0.3, 0.4) is 0 Å². The van der Waals surface area contributed by atoms with Crippen LogP contribution in [-0.2, 0) is 24.3 Å². The summed E-state index contributed by atoms with van der Waals surface area (Å²) < 4.78 is 13.0. The molecule has 3 heterocycles. The van der Waals surface area contributed by atoms with Crippen molar-refractivity contribution in [2.45, 2.75) is 45.3 Å². The van der Waals surface area contributed by atoms with E-state index in [-0.39, 0.29) is 17.9 Å². The standard InChI is InChI=1S/C24H36N6O3/c1-17(25-24(31)19-7-10-28(2)11-8-19)23-27-26-22-9-12-29(13-14-30(22)23)16-18-5-6-20(32-3)21(15-18)33-4/h5-6,15,17,19H,7-14,16H2,1-4H3,(H,25,31)/t17-/m0/s1. The van der Waals surface area contributed by atoms with E-state index in [0.29, 0.717) is 0 Å². The molecule has 1 fully saturated rings. The first kappa shape index (κ1) is 23.5. The highest BCUT2D eigenvalue weighted by molar-refractivity contribution is 5.79. The maximum atomic E-state index is 12.8. The number of carbonyl (C=O) groups excluding carboxylic acids is 1. The van der Waals surface area contributed by atoms with Crippen LogP contribution in [0, 0.1) is 5.92 Å². The van der Waals surface area contributed by atoms with Crippen LogP contribution >= 0.6 is 0 Å². The van der Waals surface area contributed by atoms with Crippen molar-refractivity contribution in [1.82, 2.24) is 29.9 Å². The van der Waals surface area contributed by atoms with Gasteiger partial charge in [-0.05, 0) is 57.6 Å². The Hall–Kier alpha value is -2.65. The maximum absolute atomic E-state index is 12.8. The summed E-state index contributed by atoms with van der Waals surface area (Å²) in [7, 11) is 5.42. The number of amides is 1. The fourth-order valence-electron chi connectivity index (χ4n) is 4.77. The van der Waals surface area contributed by atoms with Gasteiger partial charge in [-0.2, -0.15) is 0 Å². The Morgan fingerprint density at radius 3 is 2.58 bits per heavy atom. The van der Waals surface area contributed by atoms with Crippen molar-refractivity contribution in [3.63, 3.8) is 0 Å². The summed E-state index contributed by atoms with van der Waals surface area (Å²) in [6.07, 6.45) is 2.66. The first-order chi connectivity index (χ1) is 16.0. The van der Waals surface area contributed by atoms with Gasteiger partial charge in [-0.1, -0.05) is 6.07 Å². The molecule has 1 aromatic heterocycles. The van der Waals surface area contributed by atoms with E-state index in [0.717, 1.165) is 81.7 Å². The highest BCUT2D eigenvalue weighted by atomic mass is 16.5. The van der Waals surface area contributed by atoms with Crippen LogP contribution in [0.15, 0.2) is 18.2 Å². The van der Waals surface area contributed by atoms with Gasteiger partial charge in [0.2, 0.25) is 5.91 Å². The van der Waals surface area contributed by atoms with E-state index in [2.05, 4.69) is 43.0 Å². The molecule has 1 amide bonds. The third kappa shape index (κ3) is 5.47. The average molecular weight is 457 g/mol. The zero-order valence-corrected chi connectivity index (χ0v) is 20.2. The second kappa shape index (κ2) is 10.5. The lowest BCUT2D eigenvalue weighted by Crippen LogP contribution is -2.40. The van der Waals surface area contributed by atoms with Crippen LogP contribution < -0.4 is 14.8 Å². The summed E-state index contributed by atoms with van der Waals surface area (Å²) >= 11 is 0. The first-order valence-corrected chi connectivity index (χ1v) is 11.8. The largest absolute Gasteiger partial charge is 0.493 e. The number of nitrogens with one attached hydrogen (secondary N) is 1. The van der Waals surface area contributed by atoms with Gasteiger partial charge in [0, 0.05) is 38.5 Å². The molecule has 0 radical (unpaired) electrons. The van der Waals surface area contributed by atoms with Gasteiger partial charge >= 0.3 is 0 Å². The number of rotatable bonds is 7. The zero-order chi connectivity index (χ0) is 23.4. The lowest BCUT2D eigenvalue weighted by molar-refractivity contribution is -0.127. The van der Waals surface area contributed by atoms with Gasteiger partial charge < -0.3 is 24.3 Å². The van der Waals surface area contributed by atoms with E-state index >= 15 is 0 Å². The van der Waals surface area contributed by atoms with Gasteiger partial charge in [0.1, 0.15) is 5.82 Å². The monoisotopic (exact) mass is 456 g/mol. The Balaban J connectivity index is 1.37. The molecular weight excluding hydrogens is 420 g/mol. The molecule has 33 heavy (non-hydrogen) atoms. The van der Waals surface area contributed by atoms with Gasteiger partial charge in [0.15, 0.2) is 17.3 Å². The summed E-state index contributed by atoms with van der Waals surface area (Å²) in [6, 6.07) is 5.91. The molecule has 0 spiro atoms. The van der Waals surface area contributed by atoms with Crippen LogP contribution in [0.1, 0.15) is 43.0 Å². The summed E-state index contributed by atoms with van der Waals surface area (Å²) in [5.74, 6) is 3.55. The Labute approximate surface area is 196 Å². The van der Waals surface area contributed by atoms with E-state index in [1.165, 1.54) is 5.56 Å². The molecule has 0 bridgehead atoms. The van der Waals surface area contributed by atoms with Crippen LogP contribution in [0.2, 0.25) is 0 Å². The number of carbonyl (C=O) groups is 1. The van der Waals surface area contributed by atoms with Crippen LogP contribution in [0.4, 0.5) is 0 Å². The summed E-state index contributed by atoms with van der Waals surface area (Å²) in [6.45, 7) is 7.39. The number of aromatic nitrogens is 3. The van der Waals surface area contributed by atoms with Crippen molar-refractivity contribution < 1.29 is 14.3 Å². The lowest BCUT2D eigenvalue weighted by atomic mass is 9.96. The number of methoxy groups -OCH3 is 2. The molecule has 1 aromatic carbocycles. The van der Waals surface area contributed by atoms with E-state index in [1.807, 2.05) is 19.1 Å². The molecule has 9 heteroatoms. The molecule has 2 aliphatic heterocycles. The minimum Gasteiger partial charge on any atom is -0.493 e. The Bertz CT molecular complexity index is 954. The average Bonchev–Trinajstić information content (AvgIpc) is 3.13. The number of hydrogen-bond donors (Lipinski definition) is 1. The Morgan fingerprint density at radius 1 is 1.09 bits per heavy atom. The number of ether oxygens (including phenoxy) is 2. The molecular formula is C24H36N6O3. The molecule has 0 aliphatic carbocycles. The van der Waals surface area contributed by atoms with Crippen LogP contribution in [0.25, 0.3) is 0 Å². The minimum absolute atomic E-state index is 0.0900. The molecule has 180 valence electrons. The normalized spacial score (nSPS) is 18.9. The molecule has 1 N–H and O–H groups in total. The molecule has 1 saturated heterocycles. The van der Waals surface area contributed by atoms with Gasteiger partial charge in [-0.25, -0.2) is 0 Å². The fourth-order valence-corrected chi connectivity index (χ4v) is 4.77. The van der Waals surface area contributed by atoms with Crippen molar-refractivity contribution in [2.75, 3.05) is 47.4 Å². The van der Waals surface area contributed by atoms with E-state index < -0.39 is 0 Å². The number of benzene rings is 1. The van der Waals surface area contributed by atoms with Crippen LogP contribution in [0.5, 0.6) is 11.5 Å². The van der Waals surface area contributed by atoms with Gasteiger partial charge in [0.05, 0.1) is 20.3 Å². The minimum atomic E-state index is -0.157. The van der Waals surface area contributed by atoms with Crippen LogP contribution in [-0.4, -0.2) is 77.9 Å². The quantitative estimate of drug-likeness (QED) is 0.681. The van der Waals surface area contributed by atoms with Gasteiger partial charge in [-0.15, -0.1) is 10.2 Å². The molecule has 0 unspecified atom stereocenters. The third-order valence-corrected chi connectivity index (χ3v) is 6.84. The molecule has 4 rings (SSSR count). The second-order valence-electron chi connectivity index (χ2n) is 9.15. The van der Waals surface area contributed by atoms with Crippen molar-refractivity contribution in [3.8, 4) is 11.5 Å². The highest BCUT2D eigenvalue weighted by Crippen LogP contribution is 2.28. The lowest BCUT2D eigenvalue weighted by Gasteiger charge is -2.29. The van der Waals surface area contributed by atoms with E-state index in [1.54, 1.807) is 14.2 Å². The van der Waals surface area contributed by atoms with Crippen molar-refractivity contribution in [2.24, 2.45) is 5.92 Å². The van der Waals surface area contributed by atoms with Gasteiger partial charge in [-0.3, -0.25) is 9.69 Å². The number of hydrogen-bond acceptors (Lipinski definition) is 7. The number of likely N-dealkylation sites (tertiary alicyclic amines) is 1. The molecule has 0 saturated carbocycles. The smallest absolute Gasteiger partial charge is 0.223 e. The number of piperidine rings is 1. The second-order valence-corrected chi connectivity index (χ2v) is 9.15. The molecule has 2 aliphatic rings. The maximum Gasteiger partial charge on any atom is 0.223 e. The predicted molar refractivity (Wildman–Crippen MR) is 125 cm³/mol. The Morgan fingerprint density at radius 2 is 1.85 bits per heavy atom. The summed E-state index contributed by atoms with van der Waals surface area (Å²) in [5.41, 5.74) is 1.18. The SMILES string of the molecule is COc1ccc(CN2CCc3nnc([C@H](C)NC(=O)C4CCN(C)CC4)n3CC2)cc1OC. The number of nitrogens with zero attached hydrogens (tertiary/aromatic N) is 5. The van der Waals surface area contributed by atoms with E-state index in [4.69, 9.17) is 9.47 Å². The summed E-state index contributed by atoms with van der Waals surface area (Å²) in [4.78, 5) is 17.5. The van der Waals surface area contributed by atoms with Gasteiger partial charge in [0.25, 0.3) is 0 Å². The molecule has 1 atom stereocenters. The molecule has 2 aromatic rings. The fraction of sp³-hybridized carbons (Fsp3) is 0.625. The Kier molecular flexibility index (Phi) is 7.49. The first-order valence-electron chi connectivity index (χ1n) is 11.8. The summed E-state index contributed by atoms with van der Waals surface area (Å²) in [5, 5.41) is 12.1. The van der Waals surface area contributed by atoms with Crippen molar-refractivity contribution in [1.29, 1.82) is 0 Å². The zero-order valence-electron chi connectivity index (χ0n) is 20.2. The molecule has 9 nitrogen and oxygen atoms in total. The predicted octanol–water partition coefficient (Wildman–Crippen LogP) is 1.87. The van der Waals surface area contributed by atoms with Crippen molar-refractivity contribution in [3.05, 3.63) is 35.4 Å². The topological polar surface area (TPSA) is 84.7 Å². The van der Waals surface area contributed by atoms with E-state index in [9.17, 15) is 4.79 Å². The van der Waals surface area contributed by atoms with Crippen molar-refractivity contribution >= 4 is 5.91 Å². The number of fused-ring (bicyclic) bond motifs is 1.